The molecule has 0 unspecified atom stereocenters. The van der Waals surface area contributed by atoms with Crippen LogP contribution in [0.2, 0.25) is 5.15 Å². The summed E-state index contributed by atoms with van der Waals surface area (Å²) in [6.45, 7) is 6.00. The van der Waals surface area contributed by atoms with Crippen LogP contribution in [-0.4, -0.2) is 47.7 Å². The number of para-hydroxylation sites is 1. The van der Waals surface area contributed by atoms with E-state index in [4.69, 9.17) is 11.6 Å². The first-order valence-corrected chi connectivity index (χ1v) is 11.9. The van der Waals surface area contributed by atoms with E-state index in [-0.39, 0.29) is 10.5 Å². The van der Waals surface area contributed by atoms with Gasteiger partial charge in [-0.25, -0.2) is 18.5 Å². The van der Waals surface area contributed by atoms with E-state index >= 15 is 0 Å². The van der Waals surface area contributed by atoms with Gasteiger partial charge in [-0.2, -0.15) is 14.5 Å². The zero-order chi connectivity index (χ0) is 23.3. The van der Waals surface area contributed by atoms with E-state index in [2.05, 4.69) is 15.6 Å². The molecule has 0 saturated carbocycles. The number of aromatic nitrogens is 2. The van der Waals surface area contributed by atoms with Crippen molar-refractivity contribution in [3.05, 3.63) is 76.6 Å². The molecule has 3 rings (SSSR count). The second-order valence-electron chi connectivity index (χ2n) is 6.85. The van der Waals surface area contributed by atoms with Gasteiger partial charge in [0.25, 0.3) is 5.91 Å². The molecule has 0 radical (unpaired) electrons. The Morgan fingerprint density at radius 3 is 2.50 bits per heavy atom. The first-order chi connectivity index (χ1) is 15.3. The molecule has 0 atom stereocenters. The third-order valence-corrected chi connectivity index (χ3v) is 7.26. The number of hydrogen-bond donors (Lipinski definition) is 1. The Labute approximate surface area is 192 Å². The second kappa shape index (κ2) is 10.1. The van der Waals surface area contributed by atoms with Gasteiger partial charge in [-0.05, 0) is 37.3 Å². The average molecular weight is 474 g/mol. The maximum absolute atomic E-state index is 12.7. The predicted molar refractivity (Wildman–Crippen MR) is 125 cm³/mol. The molecule has 0 aliphatic carbocycles. The maximum Gasteiger partial charge on any atom is 0.271 e. The Kier molecular flexibility index (Phi) is 7.44. The number of benzene rings is 2. The van der Waals surface area contributed by atoms with E-state index in [1.54, 1.807) is 25.5 Å². The summed E-state index contributed by atoms with van der Waals surface area (Å²) in [5.41, 5.74) is 4.60. The fourth-order valence-electron chi connectivity index (χ4n) is 3.13. The highest BCUT2D eigenvalue weighted by Crippen LogP contribution is 2.22. The molecule has 1 N–H and O–H groups in total. The summed E-state index contributed by atoms with van der Waals surface area (Å²) in [5.74, 6) is -0.540. The van der Waals surface area contributed by atoms with E-state index in [1.807, 2.05) is 30.3 Å². The third kappa shape index (κ3) is 4.90. The monoisotopic (exact) mass is 473 g/mol. The van der Waals surface area contributed by atoms with Crippen molar-refractivity contribution in [2.75, 3.05) is 13.1 Å². The number of amides is 1. The Morgan fingerprint density at radius 1 is 1.16 bits per heavy atom. The highest BCUT2D eigenvalue weighted by molar-refractivity contribution is 7.89. The van der Waals surface area contributed by atoms with E-state index in [1.165, 1.54) is 34.8 Å². The molecule has 2 aromatic carbocycles. The summed E-state index contributed by atoms with van der Waals surface area (Å²) in [5, 5.41) is 8.76. The van der Waals surface area contributed by atoms with Gasteiger partial charge < -0.3 is 0 Å². The van der Waals surface area contributed by atoms with Gasteiger partial charge in [-0.15, -0.1) is 0 Å². The first-order valence-electron chi connectivity index (χ1n) is 10.0. The Morgan fingerprint density at radius 2 is 1.84 bits per heavy atom. The molecule has 8 nitrogen and oxygen atoms in total. The van der Waals surface area contributed by atoms with Gasteiger partial charge >= 0.3 is 0 Å². The molecule has 0 spiro atoms. The van der Waals surface area contributed by atoms with Gasteiger partial charge in [0.1, 0.15) is 5.15 Å². The van der Waals surface area contributed by atoms with E-state index in [9.17, 15) is 13.2 Å². The van der Waals surface area contributed by atoms with E-state index in [0.29, 0.717) is 29.5 Å². The smallest absolute Gasteiger partial charge is 0.267 e. The molecule has 0 fully saturated rings. The van der Waals surface area contributed by atoms with Crippen LogP contribution in [0.1, 0.15) is 35.5 Å². The number of halogens is 1. The van der Waals surface area contributed by atoms with Crippen molar-refractivity contribution in [1.82, 2.24) is 19.5 Å². The second-order valence-corrected chi connectivity index (χ2v) is 9.15. The Balaban J connectivity index is 1.78. The van der Waals surface area contributed by atoms with Crippen LogP contribution < -0.4 is 5.43 Å². The van der Waals surface area contributed by atoms with Crippen molar-refractivity contribution in [2.45, 2.75) is 25.7 Å². The van der Waals surface area contributed by atoms with Crippen molar-refractivity contribution in [3.8, 4) is 5.69 Å². The quantitative estimate of drug-likeness (QED) is 0.399. The summed E-state index contributed by atoms with van der Waals surface area (Å²) in [6.07, 6.45) is 1.42. The highest BCUT2D eigenvalue weighted by atomic mass is 35.5. The number of aryl methyl sites for hydroxylation is 1. The average Bonchev–Trinajstić information content (AvgIpc) is 3.08. The molecule has 0 aliphatic rings. The molecule has 1 amide bonds. The number of sulfonamides is 1. The van der Waals surface area contributed by atoms with E-state index in [0.717, 1.165) is 5.69 Å². The third-order valence-electron chi connectivity index (χ3n) is 4.85. The molecule has 3 aromatic rings. The fraction of sp³-hybridized carbons (Fsp3) is 0.227. The summed E-state index contributed by atoms with van der Waals surface area (Å²) in [6, 6.07) is 15.3. The van der Waals surface area contributed by atoms with Crippen molar-refractivity contribution >= 4 is 33.7 Å². The summed E-state index contributed by atoms with van der Waals surface area (Å²) in [4.78, 5) is 12.6. The topological polar surface area (TPSA) is 96.7 Å². The summed E-state index contributed by atoms with van der Waals surface area (Å²) in [7, 11) is -3.67. The largest absolute Gasteiger partial charge is 0.271 e. The molecule has 0 aliphatic heterocycles. The Bertz CT molecular complexity index is 1240. The van der Waals surface area contributed by atoms with Crippen LogP contribution in [0.15, 0.2) is 64.6 Å². The van der Waals surface area contributed by atoms with Crippen LogP contribution in [-0.2, 0) is 10.0 Å². The van der Waals surface area contributed by atoms with Gasteiger partial charge in [0, 0.05) is 18.7 Å². The van der Waals surface area contributed by atoms with Crippen LogP contribution in [0.25, 0.3) is 5.69 Å². The van der Waals surface area contributed by atoms with Crippen molar-refractivity contribution < 1.29 is 13.2 Å². The number of rotatable bonds is 8. The lowest BCUT2D eigenvalue weighted by Crippen LogP contribution is -2.30. The molecular weight excluding hydrogens is 450 g/mol. The van der Waals surface area contributed by atoms with Gasteiger partial charge in [0.15, 0.2) is 0 Å². The maximum atomic E-state index is 12.7. The van der Waals surface area contributed by atoms with Crippen LogP contribution in [0.4, 0.5) is 0 Å². The lowest BCUT2D eigenvalue weighted by Gasteiger charge is -2.18. The standard InChI is InChI=1S/C22H24ClN5O3S/c1-4-27(5-2)32(30,31)19-13-9-10-17(14-19)22(29)25-24-15-20-16(3)26-28(21(20)23)18-11-7-6-8-12-18/h6-15H,4-5H2,1-3H3,(H,25,29). The van der Waals surface area contributed by atoms with Crippen LogP contribution in [0.5, 0.6) is 0 Å². The van der Waals surface area contributed by atoms with Crippen LogP contribution >= 0.6 is 11.6 Å². The number of hydrogen-bond acceptors (Lipinski definition) is 5. The predicted octanol–water partition coefficient (Wildman–Crippen LogP) is 3.63. The molecule has 32 heavy (non-hydrogen) atoms. The molecule has 10 heteroatoms. The van der Waals surface area contributed by atoms with Crippen molar-refractivity contribution in [3.63, 3.8) is 0 Å². The minimum atomic E-state index is -3.67. The van der Waals surface area contributed by atoms with Gasteiger partial charge in [0.05, 0.1) is 28.1 Å². The SMILES string of the molecule is CCN(CC)S(=O)(=O)c1cccc(C(=O)NN=Cc2c(C)nn(-c3ccccc3)c2Cl)c1. The molecule has 1 aromatic heterocycles. The molecular formula is C22H24ClN5O3S. The van der Waals surface area contributed by atoms with Gasteiger partial charge in [-0.3, -0.25) is 4.79 Å². The number of hydrazone groups is 1. The van der Waals surface area contributed by atoms with E-state index < -0.39 is 15.9 Å². The van der Waals surface area contributed by atoms with Crippen molar-refractivity contribution in [2.24, 2.45) is 5.10 Å². The normalized spacial score (nSPS) is 11.9. The van der Waals surface area contributed by atoms with Crippen LogP contribution in [0, 0.1) is 6.92 Å². The number of carbonyl (C=O) groups excluding carboxylic acids is 1. The first kappa shape index (κ1) is 23.6. The Hall–Kier alpha value is -3.01. The lowest BCUT2D eigenvalue weighted by atomic mass is 10.2. The highest BCUT2D eigenvalue weighted by Gasteiger charge is 2.22. The fourth-order valence-corrected chi connectivity index (χ4v) is 4.95. The molecule has 0 saturated heterocycles. The van der Waals surface area contributed by atoms with Gasteiger partial charge in [-0.1, -0.05) is 49.7 Å². The van der Waals surface area contributed by atoms with Gasteiger partial charge in [0.2, 0.25) is 10.0 Å². The molecule has 168 valence electrons. The zero-order valence-electron chi connectivity index (χ0n) is 18.0. The summed E-state index contributed by atoms with van der Waals surface area (Å²) >= 11 is 6.45. The number of carbonyl (C=O) groups is 1. The number of nitrogens with zero attached hydrogens (tertiary/aromatic N) is 4. The summed E-state index contributed by atoms with van der Waals surface area (Å²) < 4.78 is 28.3. The zero-order valence-corrected chi connectivity index (χ0v) is 19.6. The van der Waals surface area contributed by atoms with Crippen LogP contribution in [0.3, 0.4) is 0 Å². The molecule has 0 bridgehead atoms. The lowest BCUT2D eigenvalue weighted by molar-refractivity contribution is 0.0955. The minimum Gasteiger partial charge on any atom is -0.267 e. The van der Waals surface area contributed by atoms with Crippen molar-refractivity contribution in [1.29, 1.82) is 0 Å². The molecule has 1 heterocycles. The minimum absolute atomic E-state index is 0.0563. The number of nitrogens with one attached hydrogen (secondary N) is 1.